The number of benzene rings is 1. The predicted octanol–water partition coefficient (Wildman–Crippen LogP) is 5.44. The fourth-order valence-electron chi connectivity index (χ4n) is 4.15. The van der Waals surface area contributed by atoms with E-state index in [0.717, 1.165) is 17.1 Å². The summed E-state index contributed by atoms with van der Waals surface area (Å²) < 4.78 is 0. The van der Waals surface area contributed by atoms with Crippen LogP contribution in [0.2, 0.25) is 5.02 Å². The standard InChI is InChI=1S/C19H19ClN2O/c1-11(23)16-10-21-19(22-15-4-2-3-14(20)9-15)18-13-7-5-12(6-8-13)17(16)18/h2-4,9-10,12-13H,5-8H2,1H3,(H,21,22). The van der Waals surface area contributed by atoms with Crippen molar-refractivity contribution in [1.82, 2.24) is 4.98 Å². The van der Waals surface area contributed by atoms with Crippen LogP contribution in [0.5, 0.6) is 0 Å². The Bertz CT molecular complexity index is 779. The Labute approximate surface area is 141 Å². The van der Waals surface area contributed by atoms with Gasteiger partial charge in [-0.15, -0.1) is 0 Å². The van der Waals surface area contributed by atoms with Gasteiger partial charge in [0.2, 0.25) is 0 Å². The van der Waals surface area contributed by atoms with Crippen LogP contribution in [0.3, 0.4) is 0 Å². The Kier molecular flexibility index (Phi) is 3.61. The van der Waals surface area contributed by atoms with E-state index in [1.165, 1.54) is 36.8 Å². The van der Waals surface area contributed by atoms with Gasteiger partial charge in [-0.3, -0.25) is 4.79 Å². The number of aromatic nitrogens is 1. The van der Waals surface area contributed by atoms with Crippen LogP contribution in [-0.2, 0) is 0 Å². The topological polar surface area (TPSA) is 42.0 Å². The summed E-state index contributed by atoms with van der Waals surface area (Å²) in [5.41, 5.74) is 4.26. The van der Waals surface area contributed by atoms with E-state index < -0.39 is 0 Å². The molecule has 2 aromatic rings. The number of hydrogen-bond acceptors (Lipinski definition) is 3. The van der Waals surface area contributed by atoms with Gasteiger partial charge in [-0.25, -0.2) is 4.98 Å². The van der Waals surface area contributed by atoms with Gasteiger partial charge < -0.3 is 5.32 Å². The number of nitrogens with one attached hydrogen (secondary N) is 1. The van der Waals surface area contributed by atoms with Crippen molar-refractivity contribution in [2.24, 2.45) is 0 Å². The summed E-state index contributed by atoms with van der Waals surface area (Å²) in [4.78, 5) is 16.6. The maximum absolute atomic E-state index is 12.0. The molecule has 0 radical (unpaired) electrons. The first kappa shape index (κ1) is 14.7. The second-order valence-electron chi connectivity index (χ2n) is 6.59. The molecule has 1 heterocycles. The van der Waals surface area contributed by atoms with Gasteiger partial charge in [0.15, 0.2) is 5.78 Å². The van der Waals surface area contributed by atoms with Crippen molar-refractivity contribution < 1.29 is 4.79 Å². The zero-order valence-corrected chi connectivity index (χ0v) is 13.9. The number of carbonyl (C=O) groups excluding carboxylic acids is 1. The lowest BCUT2D eigenvalue weighted by atomic mass is 9.66. The molecule has 2 bridgehead atoms. The van der Waals surface area contributed by atoms with Gasteiger partial charge in [-0.1, -0.05) is 17.7 Å². The second-order valence-corrected chi connectivity index (χ2v) is 7.02. The Balaban J connectivity index is 1.83. The number of carbonyl (C=O) groups is 1. The van der Waals surface area contributed by atoms with E-state index >= 15 is 0 Å². The minimum absolute atomic E-state index is 0.121. The van der Waals surface area contributed by atoms with E-state index in [9.17, 15) is 4.79 Å². The van der Waals surface area contributed by atoms with Crippen LogP contribution in [0.1, 0.15) is 65.9 Å². The van der Waals surface area contributed by atoms with Gasteiger partial charge in [0.25, 0.3) is 0 Å². The average Bonchev–Trinajstić information content (AvgIpc) is 2.56. The number of hydrogen-bond donors (Lipinski definition) is 1. The van der Waals surface area contributed by atoms with E-state index in [0.29, 0.717) is 16.9 Å². The van der Waals surface area contributed by atoms with Gasteiger partial charge in [-0.05, 0) is 68.2 Å². The lowest BCUT2D eigenvalue weighted by Crippen LogP contribution is -2.25. The zero-order valence-electron chi connectivity index (χ0n) is 13.1. The molecule has 4 heteroatoms. The molecule has 1 saturated carbocycles. The first-order chi connectivity index (χ1) is 11.1. The number of pyridine rings is 1. The minimum Gasteiger partial charge on any atom is -0.340 e. The summed E-state index contributed by atoms with van der Waals surface area (Å²) in [6.45, 7) is 1.64. The maximum atomic E-state index is 12.0. The Morgan fingerprint density at radius 1 is 1.17 bits per heavy atom. The lowest BCUT2D eigenvalue weighted by molar-refractivity contribution is 0.101. The highest BCUT2D eigenvalue weighted by Crippen LogP contribution is 2.52. The SMILES string of the molecule is CC(=O)c1cnc(Nc2cccc(Cl)c2)c2c1C1CCC2CC1. The fraction of sp³-hybridized carbons (Fsp3) is 0.368. The summed E-state index contributed by atoms with van der Waals surface area (Å²) in [5, 5.41) is 4.12. The van der Waals surface area contributed by atoms with E-state index in [-0.39, 0.29) is 5.78 Å². The number of nitrogens with zero attached hydrogens (tertiary/aromatic N) is 1. The maximum Gasteiger partial charge on any atom is 0.161 e. The normalized spacial score (nSPS) is 21.8. The van der Waals surface area contributed by atoms with Crippen LogP contribution >= 0.6 is 11.6 Å². The van der Waals surface area contributed by atoms with E-state index in [4.69, 9.17) is 11.6 Å². The smallest absolute Gasteiger partial charge is 0.161 e. The third-order valence-corrected chi connectivity index (χ3v) is 5.40. The molecule has 0 spiro atoms. The van der Waals surface area contributed by atoms with Crippen LogP contribution in [0, 0.1) is 0 Å². The summed E-state index contributed by atoms with van der Waals surface area (Å²) in [7, 11) is 0. The highest BCUT2D eigenvalue weighted by molar-refractivity contribution is 6.30. The number of halogens is 1. The highest BCUT2D eigenvalue weighted by Gasteiger charge is 2.37. The molecular formula is C19H19ClN2O. The number of anilines is 2. The minimum atomic E-state index is 0.121. The second kappa shape index (κ2) is 5.64. The third-order valence-electron chi connectivity index (χ3n) is 5.17. The Morgan fingerprint density at radius 2 is 1.87 bits per heavy atom. The van der Waals surface area contributed by atoms with E-state index in [1.54, 1.807) is 13.1 Å². The van der Waals surface area contributed by atoms with Gasteiger partial charge in [0, 0.05) is 28.0 Å². The quantitative estimate of drug-likeness (QED) is 0.764. The first-order valence-electron chi connectivity index (χ1n) is 8.20. The predicted molar refractivity (Wildman–Crippen MR) is 92.9 cm³/mol. The molecule has 0 saturated heterocycles. The molecule has 118 valence electrons. The molecule has 3 nitrogen and oxygen atoms in total. The zero-order chi connectivity index (χ0) is 16.0. The van der Waals surface area contributed by atoms with Crippen molar-refractivity contribution in [2.45, 2.75) is 44.4 Å². The van der Waals surface area contributed by atoms with E-state index in [2.05, 4.69) is 10.3 Å². The first-order valence-corrected chi connectivity index (χ1v) is 8.57. The largest absolute Gasteiger partial charge is 0.340 e. The van der Waals surface area contributed by atoms with Gasteiger partial charge in [-0.2, -0.15) is 0 Å². The Hall–Kier alpha value is -1.87. The summed E-state index contributed by atoms with van der Waals surface area (Å²) in [6.07, 6.45) is 6.53. The molecule has 3 aliphatic carbocycles. The average molecular weight is 327 g/mol. The van der Waals surface area contributed by atoms with Crippen LogP contribution in [0.15, 0.2) is 30.5 Å². The summed E-state index contributed by atoms with van der Waals surface area (Å²) >= 11 is 6.08. The fourth-order valence-corrected chi connectivity index (χ4v) is 4.34. The van der Waals surface area contributed by atoms with Crippen molar-refractivity contribution in [1.29, 1.82) is 0 Å². The molecule has 3 aliphatic rings. The van der Waals surface area contributed by atoms with Crippen molar-refractivity contribution in [3.8, 4) is 0 Å². The number of ketones is 1. The molecule has 0 unspecified atom stereocenters. The highest BCUT2D eigenvalue weighted by atomic mass is 35.5. The molecule has 1 aromatic heterocycles. The number of Topliss-reactive ketones (excluding diaryl/α,β-unsaturated/α-hetero) is 1. The van der Waals surface area contributed by atoms with Crippen molar-refractivity contribution in [3.63, 3.8) is 0 Å². The van der Waals surface area contributed by atoms with Crippen LogP contribution in [-0.4, -0.2) is 10.8 Å². The monoisotopic (exact) mass is 326 g/mol. The van der Waals surface area contributed by atoms with Crippen LogP contribution in [0.25, 0.3) is 0 Å². The van der Waals surface area contributed by atoms with Gasteiger partial charge in [0.05, 0.1) is 0 Å². The van der Waals surface area contributed by atoms with Gasteiger partial charge in [0.1, 0.15) is 5.82 Å². The summed E-state index contributed by atoms with van der Waals surface area (Å²) in [5.74, 6) is 2.04. The number of fused-ring (bicyclic) bond motifs is 2. The van der Waals surface area contributed by atoms with Crippen molar-refractivity contribution in [3.05, 3.63) is 52.2 Å². The molecule has 23 heavy (non-hydrogen) atoms. The molecule has 1 fully saturated rings. The van der Waals surface area contributed by atoms with Crippen LogP contribution in [0.4, 0.5) is 11.5 Å². The summed E-state index contributed by atoms with van der Waals surface area (Å²) in [6, 6.07) is 7.67. The molecule has 1 N–H and O–H groups in total. The molecular weight excluding hydrogens is 308 g/mol. The molecule has 0 atom stereocenters. The van der Waals surface area contributed by atoms with Crippen molar-refractivity contribution >= 4 is 28.9 Å². The number of rotatable bonds is 3. The van der Waals surface area contributed by atoms with Crippen LogP contribution < -0.4 is 5.32 Å². The third kappa shape index (κ3) is 2.53. The lowest BCUT2D eigenvalue weighted by Gasteiger charge is -2.40. The molecule has 0 amide bonds. The Morgan fingerprint density at radius 3 is 2.52 bits per heavy atom. The molecule has 5 rings (SSSR count). The molecule has 0 aliphatic heterocycles. The van der Waals surface area contributed by atoms with Crippen molar-refractivity contribution in [2.75, 3.05) is 5.32 Å². The van der Waals surface area contributed by atoms with E-state index in [1.807, 2.05) is 24.3 Å². The molecule has 1 aromatic carbocycles. The van der Waals surface area contributed by atoms with Gasteiger partial charge >= 0.3 is 0 Å².